The molecule has 1 N–H and O–H groups in total. The summed E-state index contributed by atoms with van der Waals surface area (Å²) in [4.78, 5) is 4.47. The first kappa shape index (κ1) is 15.2. The Morgan fingerprint density at radius 1 is 1.25 bits per heavy atom. The summed E-state index contributed by atoms with van der Waals surface area (Å²) in [5.41, 5.74) is 1.18. The molecule has 4 nitrogen and oxygen atoms in total. The Morgan fingerprint density at radius 2 is 1.95 bits per heavy atom. The standard InChI is InChI=1S/C15H20BrN3O/c1-10(2)13(17-3)9-15-18-14(19-20-15)8-11-4-6-12(16)7-5-11/h4-7,10,13,17H,8-9H2,1-3H3. The van der Waals surface area contributed by atoms with Crippen molar-refractivity contribution in [2.24, 2.45) is 5.92 Å². The molecule has 0 bridgehead atoms. The summed E-state index contributed by atoms with van der Waals surface area (Å²) in [5, 5.41) is 7.34. The van der Waals surface area contributed by atoms with Gasteiger partial charge >= 0.3 is 0 Å². The summed E-state index contributed by atoms with van der Waals surface area (Å²) < 4.78 is 6.41. The second-order valence-corrected chi connectivity index (χ2v) is 6.17. The van der Waals surface area contributed by atoms with Gasteiger partial charge in [-0.15, -0.1) is 0 Å². The fourth-order valence-electron chi connectivity index (χ4n) is 2.09. The van der Waals surface area contributed by atoms with Crippen LogP contribution in [0.5, 0.6) is 0 Å². The van der Waals surface area contributed by atoms with Gasteiger partial charge in [0.05, 0.1) is 0 Å². The molecular weight excluding hydrogens is 318 g/mol. The SMILES string of the molecule is CNC(Cc1nc(Cc2ccc(Br)cc2)no1)C(C)C. The predicted molar refractivity (Wildman–Crippen MR) is 82.6 cm³/mol. The van der Waals surface area contributed by atoms with Crippen LogP contribution in [0.2, 0.25) is 0 Å². The van der Waals surface area contributed by atoms with Gasteiger partial charge in [-0.2, -0.15) is 4.98 Å². The van der Waals surface area contributed by atoms with Crippen molar-refractivity contribution in [3.05, 3.63) is 46.0 Å². The van der Waals surface area contributed by atoms with Crippen molar-refractivity contribution in [2.45, 2.75) is 32.7 Å². The van der Waals surface area contributed by atoms with Crippen LogP contribution in [0.4, 0.5) is 0 Å². The molecule has 0 aliphatic rings. The number of benzene rings is 1. The summed E-state index contributed by atoms with van der Waals surface area (Å²) in [6, 6.07) is 8.52. The monoisotopic (exact) mass is 337 g/mol. The van der Waals surface area contributed by atoms with Crippen LogP contribution in [-0.4, -0.2) is 23.2 Å². The number of likely N-dealkylation sites (N-methyl/N-ethyl adjacent to an activating group) is 1. The minimum absolute atomic E-state index is 0.357. The molecule has 0 aliphatic carbocycles. The average Bonchev–Trinajstić information content (AvgIpc) is 2.86. The lowest BCUT2D eigenvalue weighted by atomic mass is 10.0. The van der Waals surface area contributed by atoms with Crippen LogP contribution < -0.4 is 5.32 Å². The normalized spacial score (nSPS) is 12.8. The summed E-state index contributed by atoms with van der Waals surface area (Å²) in [5.74, 6) is 1.97. The summed E-state index contributed by atoms with van der Waals surface area (Å²) in [6.45, 7) is 4.36. The van der Waals surface area contributed by atoms with Gasteiger partial charge in [-0.1, -0.05) is 47.1 Å². The van der Waals surface area contributed by atoms with E-state index >= 15 is 0 Å². The van der Waals surface area contributed by atoms with Crippen LogP contribution in [0.1, 0.15) is 31.1 Å². The molecule has 0 spiro atoms. The highest BCUT2D eigenvalue weighted by Crippen LogP contribution is 2.14. The Morgan fingerprint density at radius 3 is 2.55 bits per heavy atom. The van der Waals surface area contributed by atoms with Gasteiger partial charge < -0.3 is 9.84 Å². The second-order valence-electron chi connectivity index (χ2n) is 5.25. The van der Waals surface area contributed by atoms with Crippen LogP contribution in [0, 0.1) is 5.92 Å². The highest BCUT2D eigenvalue weighted by Gasteiger charge is 2.16. The lowest BCUT2D eigenvalue weighted by Crippen LogP contribution is -2.32. The van der Waals surface area contributed by atoms with Crippen LogP contribution in [0.3, 0.4) is 0 Å². The van der Waals surface area contributed by atoms with Gasteiger partial charge in [0.25, 0.3) is 0 Å². The number of rotatable bonds is 6. The van der Waals surface area contributed by atoms with E-state index in [2.05, 4.69) is 57.4 Å². The first-order valence-electron chi connectivity index (χ1n) is 6.81. The topological polar surface area (TPSA) is 51.0 Å². The molecule has 5 heteroatoms. The molecule has 1 aromatic carbocycles. The molecule has 0 fully saturated rings. The number of nitrogens with one attached hydrogen (secondary N) is 1. The summed E-state index contributed by atoms with van der Waals surface area (Å²) in [7, 11) is 1.96. The molecule has 0 radical (unpaired) electrons. The first-order valence-corrected chi connectivity index (χ1v) is 7.61. The maximum atomic E-state index is 5.33. The molecule has 2 rings (SSSR count). The van der Waals surface area contributed by atoms with Gasteiger partial charge in [-0.3, -0.25) is 0 Å². The Balaban J connectivity index is 2.00. The van der Waals surface area contributed by atoms with Crippen molar-refractivity contribution >= 4 is 15.9 Å². The van der Waals surface area contributed by atoms with Crippen molar-refractivity contribution in [2.75, 3.05) is 7.05 Å². The molecule has 1 atom stereocenters. The minimum Gasteiger partial charge on any atom is -0.339 e. The van der Waals surface area contributed by atoms with E-state index < -0.39 is 0 Å². The van der Waals surface area contributed by atoms with E-state index in [1.165, 1.54) is 5.56 Å². The zero-order chi connectivity index (χ0) is 14.5. The lowest BCUT2D eigenvalue weighted by molar-refractivity contribution is 0.333. The zero-order valence-electron chi connectivity index (χ0n) is 12.1. The molecule has 0 saturated carbocycles. The van der Waals surface area contributed by atoms with E-state index in [1.54, 1.807) is 0 Å². The van der Waals surface area contributed by atoms with Crippen molar-refractivity contribution in [1.82, 2.24) is 15.5 Å². The number of nitrogens with zero attached hydrogens (tertiary/aromatic N) is 2. The van der Waals surface area contributed by atoms with Crippen LogP contribution in [-0.2, 0) is 12.8 Å². The van der Waals surface area contributed by atoms with Crippen LogP contribution >= 0.6 is 15.9 Å². The van der Waals surface area contributed by atoms with Gasteiger partial charge in [0.2, 0.25) is 5.89 Å². The molecule has 2 aromatic rings. The quantitative estimate of drug-likeness (QED) is 0.879. The van der Waals surface area contributed by atoms with Crippen molar-refractivity contribution in [3.63, 3.8) is 0 Å². The highest BCUT2D eigenvalue weighted by molar-refractivity contribution is 9.10. The number of aromatic nitrogens is 2. The minimum atomic E-state index is 0.357. The molecule has 0 amide bonds. The fourth-order valence-corrected chi connectivity index (χ4v) is 2.35. The molecule has 20 heavy (non-hydrogen) atoms. The van der Waals surface area contributed by atoms with Gasteiger partial charge in [0, 0.05) is 23.4 Å². The first-order chi connectivity index (χ1) is 9.58. The molecule has 0 saturated heterocycles. The largest absolute Gasteiger partial charge is 0.339 e. The number of hydrogen-bond acceptors (Lipinski definition) is 4. The van der Waals surface area contributed by atoms with Crippen molar-refractivity contribution < 1.29 is 4.52 Å². The van der Waals surface area contributed by atoms with Gasteiger partial charge in [0.15, 0.2) is 5.82 Å². The maximum absolute atomic E-state index is 5.33. The van der Waals surface area contributed by atoms with E-state index in [4.69, 9.17) is 4.52 Å². The van der Waals surface area contributed by atoms with E-state index in [1.807, 2.05) is 19.2 Å². The number of hydrogen-bond donors (Lipinski definition) is 1. The van der Waals surface area contributed by atoms with Crippen molar-refractivity contribution in [1.29, 1.82) is 0 Å². The molecule has 1 aromatic heterocycles. The molecular formula is C15H20BrN3O. The van der Waals surface area contributed by atoms with Gasteiger partial charge in [0.1, 0.15) is 0 Å². The van der Waals surface area contributed by atoms with E-state index in [9.17, 15) is 0 Å². The Labute approximate surface area is 128 Å². The third-order valence-corrected chi connectivity index (χ3v) is 3.88. The summed E-state index contributed by atoms with van der Waals surface area (Å²) >= 11 is 3.43. The van der Waals surface area contributed by atoms with Crippen LogP contribution in [0.25, 0.3) is 0 Å². The average molecular weight is 338 g/mol. The summed E-state index contributed by atoms with van der Waals surface area (Å²) in [6.07, 6.45) is 1.46. The van der Waals surface area contributed by atoms with E-state index in [0.717, 1.165) is 16.7 Å². The van der Waals surface area contributed by atoms with Crippen LogP contribution in [0.15, 0.2) is 33.3 Å². The number of halogens is 1. The van der Waals surface area contributed by atoms with E-state index in [-0.39, 0.29) is 0 Å². The van der Waals surface area contributed by atoms with E-state index in [0.29, 0.717) is 24.3 Å². The van der Waals surface area contributed by atoms with Crippen molar-refractivity contribution in [3.8, 4) is 0 Å². The molecule has 1 heterocycles. The van der Waals surface area contributed by atoms with Gasteiger partial charge in [-0.05, 0) is 30.7 Å². The molecule has 108 valence electrons. The third-order valence-electron chi connectivity index (χ3n) is 3.36. The Bertz CT molecular complexity index is 536. The Kier molecular flexibility index (Phi) is 5.31. The highest BCUT2D eigenvalue weighted by atomic mass is 79.9. The second kappa shape index (κ2) is 6.99. The third kappa shape index (κ3) is 4.15. The predicted octanol–water partition coefficient (Wildman–Crippen LogP) is 3.21. The molecule has 1 unspecified atom stereocenters. The fraction of sp³-hybridized carbons (Fsp3) is 0.467. The van der Waals surface area contributed by atoms with Gasteiger partial charge in [-0.25, -0.2) is 0 Å². The Hall–Kier alpha value is -1.20. The lowest BCUT2D eigenvalue weighted by Gasteiger charge is -2.17. The smallest absolute Gasteiger partial charge is 0.228 e. The maximum Gasteiger partial charge on any atom is 0.228 e. The zero-order valence-corrected chi connectivity index (χ0v) is 13.6. The molecule has 0 aliphatic heterocycles.